The van der Waals surface area contributed by atoms with Gasteiger partial charge in [0.25, 0.3) is 15.9 Å². The van der Waals surface area contributed by atoms with E-state index in [0.717, 1.165) is 48.8 Å². The molecule has 11 nitrogen and oxygen atoms in total. The highest BCUT2D eigenvalue weighted by Crippen LogP contribution is 2.60. The van der Waals surface area contributed by atoms with Crippen molar-refractivity contribution in [1.82, 2.24) is 20.2 Å². The summed E-state index contributed by atoms with van der Waals surface area (Å²) in [6.45, 7) is 16.0. The van der Waals surface area contributed by atoms with Crippen molar-refractivity contribution < 1.29 is 27.5 Å². The average molecular weight is 718 g/mol. The first kappa shape index (κ1) is 36.6. The predicted octanol–water partition coefficient (Wildman–Crippen LogP) is 7.43. The molecule has 4 bridgehead atoms. The number of hydrogen-bond donors (Lipinski definition) is 2. The average Bonchev–Trinajstić information content (AvgIpc) is 2.97. The van der Waals surface area contributed by atoms with E-state index in [9.17, 15) is 18.0 Å². The molecule has 12 heteroatoms. The summed E-state index contributed by atoms with van der Waals surface area (Å²) in [5.41, 5.74) is 1.99. The quantitative estimate of drug-likeness (QED) is 0.278. The summed E-state index contributed by atoms with van der Waals surface area (Å²) in [6.07, 6.45) is 4.79. The molecule has 1 atom stereocenters. The highest BCUT2D eigenvalue weighted by Gasteiger charge is 2.59. The standard InChI is InChI=1S/C39H51N5O6S/c1-25-12-9-13-26(2)32(25)30-19-31-41-34(40-30)43-51(47,48)29-15-10-14-27(18-29)33(45)44(28(21-49-31)20-36(3,4)5)24-39(22-38(23-39)16-11-17-38)42-35(46)50-37(6,7)8/h9-10,12-15,18-19,28H,11,16-17,20-24H2,1-8H3,(H,42,46)(H,40,41,43)/t28-/m1/s1. The second-order valence-corrected chi connectivity index (χ2v) is 18.8. The van der Waals surface area contributed by atoms with E-state index in [0.29, 0.717) is 12.1 Å². The number of aryl methyl sites for hydroxylation is 2. The Hall–Kier alpha value is -4.19. The van der Waals surface area contributed by atoms with Gasteiger partial charge in [-0.1, -0.05) is 51.5 Å². The molecule has 6 rings (SSSR count). The maximum absolute atomic E-state index is 14.8. The molecule has 2 aliphatic carbocycles. The maximum atomic E-state index is 14.8. The summed E-state index contributed by atoms with van der Waals surface area (Å²) < 4.78 is 42.3. The van der Waals surface area contributed by atoms with E-state index in [4.69, 9.17) is 9.47 Å². The summed E-state index contributed by atoms with van der Waals surface area (Å²) in [4.78, 5) is 38.9. The van der Waals surface area contributed by atoms with Gasteiger partial charge < -0.3 is 19.7 Å². The van der Waals surface area contributed by atoms with E-state index in [-0.39, 0.29) is 52.2 Å². The van der Waals surface area contributed by atoms with E-state index in [1.165, 1.54) is 12.1 Å². The van der Waals surface area contributed by atoms with Crippen molar-refractivity contribution in [2.75, 3.05) is 17.9 Å². The van der Waals surface area contributed by atoms with Crippen molar-refractivity contribution in [3.05, 3.63) is 65.2 Å². The minimum absolute atomic E-state index is 0.0752. The molecule has 1 spiro atoms. The number of carbonyl (C=O) groups is 2. The lowest BCUT2D eigenvalue weighted by molar-refractivity contribution is -0.0791. The Morgan fingerprint density at radius 3 is 2.29 bits per heavy atom. The lowest BCUT2D eigenvalue weighted by Gasteiger charge is -2.62. The van der Waals surface area contributed by atoms with Crippen LogP contribution in [0.15, 0.2) is 53.4 Å². The number of nitrogens with zero attached hydrogens (tertiary/aromatic N) is 3. The molecule has 2 amide bonds. The Morgan fingerprint density at radius 2 is 1.69 bits per heavy atom. The molecule has 3 aliphatic rings. The normalized spacial score (nSPS) is 20.7. The number of rotatable bonds is 5. The van der Waals surface area contributed by atoms with Crippen molar-refractivity contribution >= 4 is 28.0 Å². The van der Waals surface area contributed by atoms with Crippen LogP contribution >= 0.6 is 0 Å². The largest absolute Gasteiger partial charge is 0.475 e. The van der Waals surface area contributed by atoms with Crippen molar-refractivity contribution in [3.8, 4) is 17.1 Å². The SMILES string of the molecule is Cc1cccc(C)c1-c1cc2nc(n1)NS(=O)(=O)c1cccc(c1)C(=O)N(CC1(NC(=O)OC(C)(C)C)CC3(CCC3)C1)[C@H](CC(C)(C)C)CO2. The molecule has 0 radical (unpaired) electrons. The maximum Gasteiger partial charge on any atom is 0.408 e. The van der Waals surface area contributed by atoms with Gasteiger partial charge in [0.2, 0.25) is 11.8 Å². The van der Waals surface area contributed by atoms with Crippen LogP contribution in [0.25, 0.3) is 11.3 Å². The first-order valence-corrected chi connectivity index (χ1v) is 19.3. The molecule has 2 N–H and O–H groups in total. The van der Waals surface area contributed by atoms with E-state index < -0.39 is 33.3 Å². The molecule has 274 valence electrons. The molecule has 3 aromatic rings. The third-order valence-electron chi connectivity index (χ3n) is 10.1. The predicted molar refractivity (Wildman–Crippen MR) is 196 cm³/mol. The molecule has 2 aromatic carbocycles. The zero-order valence-electron chi connectivity index (χ0n) is 31.1. The van der Waals surface area contributed by atoms with Gasteiger partial charge in [0.05, 0.1) is 22.2 Å². The van der Waals surface area contributed by atoms with Crippen molar-refractivity contribution in [3.63, 3.8) is 0 Å². The van der Waals surface area contributed by atoms with Crippen LogP contribution in [-0.2, 0) is 14.8 Å². The number of hydrogen-bond acceptors (Lipinski definition) is 8. The summed E-state index contributed by atoms with van der Waals surface area (Å²) in [6, 6.07) is 13.2. The molecular formula is C39H51N5O6S. The third-order valence-corrected chi connectivity index (χ3v) is 11.4. The topological polar surface area (TPSA) is 140 Å². The summed E-state index contributed by atoms with van der Waals surface area (Å²) in [7, 11) is -4.21. The van der Waals surface area contributed by atoms with Gasteiger partial charge in [-0.3, -0.25) is 4.79 Å². The zero-order valence-corrected chi connectivity index (χ0v) is 31.9. The molecule has 1 aliphatic heterocycles. The number of amides is 2. The number of alkyl carbamates (subject to hydrolysis) is 1. The molecule has 0 saturated heterocycles. The summed E-state index contributed by atoms with van der Waals surface area (Å²) in [5, 5.41) is 3.20. The number of benzene rings is 2. The summed E-state index contributed by atoms with van der Waals surface area (Å²) in [5.74, 6) is -0.305. The minimum Gasteiger partial charge on any atom is -0.475 e. The Kier molecular flexibility index (Phi) is 9.40. The fraction of sp³-hybridized carbons (Fsp3) is 0.538. The van der Waals surface area contributed by atoms with Crippen LogP contribution in [0.3, 0.4) is 0 Å². The Morgan fingerprint density at radius 1 is 1.02 bits per heavy atom. The van der Waals surface area contributed by atoms with Crippen molar-refractivity contribution in [2.45, 2.75) is 116 Å². The Labute approximate surface area is 302 Å². The number of sulfonamides is 1. The number of carbonyl (C=O) groups excluding carboxylic acids is 2. The highest BCUT2D eigenvalue weighted by molar-refractivity contribution is 7.92. The fourth-order valence-corrected chi connectivity index (χ4v) is 9.04. The van der Waals surface area contributed by atoms with Crippen LogP contribution in [0.5, 0.6) is 5.88 Å². The van der Waals surface area contributed by atoms with E-state index in [1.54, 1.807) is 23.1 Å². The summed E-state index contributed by atoms with van der Waals surface area (Å²) >= 11 is 0. The van der Waals surface area contributed by atoms with Gasteiger partial charge >= 0.3 is 6.09 Å². The van der Waals surface area contributed by atoms with Crippen LogP contribution in [0.4, 0.5) is 10.7 Å². The molecular weight excluding hydrogens is 667 g/mol. The smallest absolute Gasteiger partial charge is 0.408 e. The van der Waals surface area contributed by atoms with E-state index in [1.807, 2.05) is 52.8 Å². The highest BCUT2D eigenvalue weighted by atomic mass is 32.2. The van der Waals surface area contributed by atoms with Gasteiger partial charge in [-0.25, -0.2) is 22.9 Å². The first-order valence-electron chi connectivity index (χ1n) is 17.8. The van der Waals surface area contributed by atoms with Gasteiger partial charge in [-0.05, 0) is 107 Å². The molecule has 2 saturated carbocycles. The minimum atomic E-state index is -4.21. The Bertz CT molecular complexity index is 1920. The number of fused-ring (bicyclic) bond motifs is 4. The van der Waals surface area contributed by atoms with E-state index >= 15 is 0 Å². The van der Waals surface area contributed by atoms with Gasteiger partial charge in [0.15, 0.2) is 0 Å². The molecule has 0 unspecified atom stereocenters. The van der Waals surface area contributed by atoms with Crippen molar-refractivity contribution in [2.24, 2.45) is 10.8 Å². The number of aromatic nitrogens is 2. The molecule has 51 heavy (non-hydrogen) atoms. The molecule has 2 fully saturated rings. The Balaban J connectivity index is 1.46. The van der Waals surface area contributed by atoms with Crippen molar-refractivity contribution in [1.29, 1.82) is 0 Å². The van der Waals surface area contributed by atoms with Gasteiger partial charge in [-0.15, -0.1) is 0 Å². The number of ether oxygens (including phenoxy) is 2. The van der Waals surface area contributed by atoms with Crippen LogP contribution in [0, 0.1) is 24.7 Å². The third kappa shape index (κ3) is 8.16. The lowest BCUT2D eigenvalue weighted by Crippen LogP contribution is -2.69. The van der Waals surface area contributed by atoms with Gasteiger partial charge in [0, 0.05) is 23.7 Å². The number of nitrogens with one attached hydrogen (secondary N) is 2. The number of anilines is 1. The van der Waals surface area contributed by atoms with Gasteiger partial charge in [-0.2, -0.15) is 4.98 Å². The lowest BCUT2D eigenvalue weighted by atomic mass is 9.48. The second kappa shape index (κ2) is 13.1. The molecule has 1 aromatic heterocycles. The van der Waals surface area contributed by atoms with Crippen LogP contribution in [-0.4, -0.2) is 65.6 Å². The molecule has 2 heterocycles. The zero-order chi connectivity index (χ0) is 37.0. The van der Waals surface area contributed by atoms with Crippen LogP contribution < -0.4 is 14.8 Å². The van der Waals surface area contributed by atoms with Crippen LogP contribution in [0.1, 0.15) is 102 Å². The first-order chi connectivity index (χ1) is 23.7. The van der Waals surface area contributed by atoms with Crippen LogP contribution in [0.2, 0.25) is 0 Å². The fourth-order valence-electron chi connectivity index (χ4n) is 8.05. The monoisotopic (exact) mass is 717 g/mol. The van der Waals surface area contributed by atoms with E-state index in [2.05, 4.69) is 40.8 Å². The van der Waals surface area contributed by atoms with Gasteiger partial charge in [0.1, 0.15) is 12.2 Å². The second-order valence-electron chi connectivity index (χ2n) is 17.1.